The van der Waals surface area contributed by atoms with Gasteiger partial charge in [-0.1, -0.05) is 11.6 Å². The molecular formula is C26H33ClN4O5S. The molecule has 0 aromatic heterocycles. The minimum Gasteiger partial charge on any atom is -0.465 e. The lowest BCUT2D eigenvalue weighted by Crippen LogP contribution is -2.50. The predicted octanol–water partition coefficient (Wildman–Crippen LogP) is 2.54. The van der Waals surface area contributed by atoms with E-state index < -0.39 is 15.8 Å². The zero-order chi connectivity index (χ0) is 26.2. The van der Waals surface area contributed by atoms with Crippen LogP contribution in [-0.4, -0.2) is 96.7 Å². The zero-order valence-corrected chi connectivity index (χ0v) is 22.8. The summed E-state index contributed by atoms with van der Waals surface area (Å²) >= 11 is 6.68. The van der Waals surface area contributed by atoms with Crippen LogP contribution in [-0.2, 0) is 20.3 Å². The van der Waals surface area contributed by atoms with Crippen LogP contribution in [0, 0.1) is 6.92 Å². The molecule has 0 atom stereocenters. The van der Waals surface area contributed by atoms with E-state index in [4.69, 9.17) is 21.1 Å². The molecule has 0 bridgehead atoms. The Balaban J connectivity index is 1.33. The Labute approximate surface area is 223 Å². The molecule has 11 heteroatoms. The van der Waals surface area contributed by atoms with Gasteiger partial charge in [0.15, 0.2) is 9.84 Å². The van der Waals surface area contributed by atoms with Crippen LogP contribution in [0.3, 0.4) is 0 Å². The van der Waals surface area contributed by atoms with Crippen molar-refractivity contribution in [1.82, 2.24) is 15.1 Å². The first-order chi connectivity index (χ1) is 17.7. The van der Waals surface area contributed by atoms with E-state index in [0.717, 1.165) is 71.1 Å². The number of ether oxygens (including phenoxy) is 2. The molecule has 3 aliphatic heterocycles. The summed E-state index contributed by atoms with van der Waals surface area (Å²) in [5.41, 5.74) is 2.09. The number of nitrogens with zero attached hydrogens (tertiary/aromatic N) is 3. The van der Waals surface area contributed by atoms with E-state index in [0.29, 0.717) is 21.9 Å². The molecule has 0 amide bonds. The van der Waals surface area contributed by atoms with E-state index in [1.807, 2.05) is 12.1 Å². The highest BCUT2D eigenvalue weighted by Crippen LogP contribution is 2.45. The highest BCUT2D eigenvalue weighted by atomic mass is 35.5. The van der Waals surface area contributed by atoms with Crippen molar-refractivity contribution in [3.05, 3.63) is 46.0 Å². The zero-order valence-electron chi connectivity index (χ0n) is 21.3. The van der Waals surface area contributed by atoms with Gasteiger partial charge in [-0.2, -0.15) is 0 Å². The summed E-state index contributed by atoms with van der Waals surface area (Å²) in [4.78, 5) is 19.3. The van der Waals surface area contributed by atoms with Crippen molar-refractivity contribution in [2.24, 2.45) is 0 Å². The van der Waals surface area contributed by atoms with Crippen LogP contribution in [0.1, 0.15) is 21.5 Å². The van der Waals surface area contributed by atoms with Gasteiger partial charge in [0.05, 0.1) is 23.4 Å². The van der Waals surface area contributed by atoms with Crippen molar-refractivity contribution in [2.45, 2.75) is 17.6 Å². The van der Waals surface area contributed by atoms with Crippen molar-refractivity contribution in [3.8, 4) is 11.5 Å². The molecular weight excluding hydrogens is 516 g/mol. The maximum absolute atomic E-state index is 13.4. The first-order valence-corrected chi connectivity index (χ1v) is 14.6. The maximum atomic E-state index is 13.4. The number of carbonyl (C=O) groups is 1. The van der Waals surface area contributed by atoms with Crippen molar-refractivity contribution >= 4 is 33.1 Å². The fraction of sp³-hybridized carbons (Fsp3) is 0.500. The molecule has 0 radical (unpaired) electrons. The Morgan fingerprint density at radius 1 is 1.00 bits per heavy atom. The fourth-order valence-corrected chi connectivity index (χ4v) is 7.05. The van der Waals surface area contributed by atoms with Gasteiger partial charge in [-0.05, 0) is 36.8 Å². The number of hydrogen-bond acceptors (Lipinski definition) is 9. The molecule has 5 rings (SSSR count). The minimum atomic E-state index is -3.80. The maximum Gasteiger partial charge on any atom is 0.337 e. The van der Waals surface area contributed by atoms with Crippen molar-refractivity contribution in [3.63, 3.8) is 0 Å². The molecule has 200 valence electrons. The molecule has 2 saturated heterocycles. The summed E-state index contributed by atoms with van der Waals surface area (Å²) in [6.07, 6.45) is 0. The normalized spacial score (nSPS) is 19.9. The Kier molecular flexibility index (Phi) is 7.65. The molecule has 0 spiro atoms. The number of methoxy groups -OCH3 is 1. The Bertz CT molecular complexity index is 1290. The van der Waals surface area contributed by atoms with Gasteiger partial charge in [0.2, 0.25) is 0 Å². The van der Waals surface area contributed by atoms with Gasteiger partial charge < -0.3 is 19.7 Å². The van der Waals surface area contributed by atoms with E-state index in [-0.39, 0.29) is 22.0 Å². The van der Waals surface area contributed by atoms with Crippen LogP contribution < -0.4 is 15.0 Å². The molecule has 0 saturated carbocycles. The predicted molar refractivity (Wildman–Crippen MR) is 143 cm³/mol. The number of esters is 1. The van der Waals surface area contributed by atoms with Gasteiger partial charge in [0, 0.05) is 76.7 Å². The van der Waals surface area contributed by atoms with E-state index in [1.165, 1.54) is 13.2 Å². The summed E-state index contributed by atoms with van der Waals surface area (Å²) in [7, 11) is -2.54. The average molecular weight is 549 g/mol. The standard InChI is InChI=1S/C26H33ClN4O5S/c1-18-13-19(26(32)35-2)15-23-24(18)36-25-20(17-37(23,33)34)14-21(16-22(25)27)31-11-9-30(10-12-31)8-7-29-5-3-28-4-6-29/h13-16,28H,3-12,17H2,1-2H3. The van der Waals surface area contributed by atoms with Crippen molar-refractivity contribution in [1.29, 1.82) is 0 Å². The van der Waals surface area contributed by atoms with E-state index in [1.54, 1.807) is 13.0 Å². The number of benzene rings is 2. The number of nitrogens with one attached hydrogen (secondary N) is 1. The van der Waals surface area contributed by atoms with Crippen LogP contribution in [0.2, 0.25) is 5.02 Å². The van der Waals surface area contributed by atoms with Crippen molar-refractivity contribution < 1.29 is 22.7 Å². The van der Waals surface area contributed by atoms with Gasteiger partial charge in [0.25, 0.3) is 0 Å². The minimum absolute atomic E-state index is 0.0279. The lowest BCUT2D eigenvalue weighted by atomic mass is 10.1. The number of aryl methyl sites for hydroxylation is 1. The molecule has 3 aliphatic rings. The number of anilines is 1. The Hall–Kier alpha value is -2.37. The molecule has 3 heterocycles. The van der Waals surface area contributed by atoms with Crippen LogP contribution in [0.5, 0.6) is 11.5 Å². The summed E-state index contributed by atoms with van der Waals surface area (Å²) in [5.74, 6) is -0.330. The first-order valence-electron chi connectivity index (χ1n) is 12.6. The van der Waals surface area contributed by atoms with Crippen LogP contribution in [0.25, 0.3) is 0 Å². The smallest absolute Gasteiger partial charge is 0.337 e. The molecule has 1 N–H and O–H groups in total. The van der Waals surface area contributed by atoms with E-state index in [2.05, 4.69) is 20.0 Å². The second-order valence-electron chi connectivity index (χ2n) is 9.81. The van der Waals surface area contributed by atoms with Gasteiger partial charge >= 0.3 is 5.97 Å². The number of fused-ring (bicyclic) bond motifs is 2. The van der Waals surface area contributed by atoms with Gasteiger partial charge in [0.1, 0.15) is 16.4 Å². The number of sulfone groups is 1. The average Bonchev–Trinajstić information content (AvgIpc) is 3.01. The largest absolute Gasteiger partial charge is 0.465 e. The number of piperazine rings is 2. The second-order valence-corrected chi connectivity index (χ2v) is 12.2. The summed E-state index contributed by atoms with van der Waals surface area (Å²) in [6.45, 7) is 11.7. The topological polar surface area (TPSA) is 91.4 Å². The lowest BCUT2D eigenvalue weighted by Gasteiger charge is -2.37. The summed E-state index contributed by atoms with van der Waals surface area (Å²) in [5, 5.41) is 3.76. The third-order valence-electron chi connectivity index (χ3n) is 7.33. The number of hydrogen-bond donors (Lipinski definition) is 1. The quantitative estimate of drug-likeness (QED) is 0.566. The first kappa shape index (κ1) is 26.2. The SMILES string of the molecule is COC(=O)c1cc(C)c2c(c1)S(=O)(=O)Cc1cc(N3CCN(CCN4CCNCC4)CC3)cc(Cl)c1O2. The number of carbonyl (C=O) groups excluding carboxylic acids is 1. The molecule has 0 aliphatic carbocycles. The van der Waals surface area contributed by atoms with Gasteiger partial charge in [-0.15, -0.1) is 0 Å². The number of rotatable bonds is 5. The van der Waals surface area contributed by atoms with Crippen LogP contribution >= 0.6 is 11.6 Å². The molecule has 9 nitrogen and oxygen atoms in total. The Morgan fingerprint density at radius 2 is 1.68 bits per heavy atom. The fourth-order valence-electron chi connectivity index (χ4n) is 5.21. The van der Waals surface area contributed by atoms with Crippen LogP contribution in [0.4, 0.5) is 5.69 Å². The summed E-state index contributed by atoms with van der Waals surface area (Å²) < 4.78 is 37.7. The van der Waals surface area contributed by atoms with E-state index in [9.17, 15) is 13.2 Å². The highest BCUT2D eigenvalue weighted by Gasteiger charge is 2.32. The lowest BCUT2D eigenvalue weighted by molar-refractivity contribution is 0.0600. The highest BCUT2D eigenvalue weighted by molar-refractivity contribution is 7.90. The molecule has 2 fully saturated rings. The molecule has 2 aromatic rings. The third-order valence-corrected chi connectivity index (χ3v) is 9.28. The third kappa shape index (κ3) is 5.58. The van der Waals surface area contributed by atoms with Crippen LogP contribution in [0.15, 0.2) is 29.2 Å². The molecule has 0 unspecified atom stereocenters. The molecule has 2 aromatic carbocycles. The van der Waals surface area contributed by atoms with Crippen molar-refractivity contribution in [2.75, 3.05) is 77.5 Å². The summed E-state index contributed by atoms with van der Waals surface area (Å²) in [6, 6.07) is 6.61. The Morgan fingerprint density at radius 3 is 2.35 bits per heavy atom. The molecule has 37 heavy (non-hydrogen) atoms. The second kappa shape index (κ2) is 10.8. The van der Waals surface area contributed by atoms with Gasteiger partial charge in [-0.3, -0.25) is 9.80 Å². The monoisotopic (exact) mass is 548 g/mol. The van der Waals surface area contributed by atoms with E-state index >= 15 is 0 Å². The van der Waals surface area contributed by atoms with Gasteiger partial charge in [-0.25, -0.2) is 13.2 Å². The number of halogens is 1.